The molecule has 0 aromatic heterocycles. The highest BCUT2D eigenvalue weighted by molar-refractivity contribution is 5.92. The number of carboxylic acids is 1. The second-order valence-electron chi connectivity index (χ2n) is 4.75. The van der Waals surface area contributed by atoms with Crippen LogP contribution in [0.15, 0.2) is 24.3 Å². The number of ether oxygens (including phenoxy) is 2. The third-order valence-electron chi connectivity index (χ3n) is 3.28. The van der Waals surface area contributed by atoms with Crippen molar-refractivity contribution in [3.63, 3.8) is 0 Å². The van der Waals surface area contributed by atoms with Crippen molar-refractivity contribution >= 4 is 5.97 Å². The number of aromatic hydroxyl groups is 1. The smallest absolute Gasteiger partial charge is 0.336 e. The number of halogens is 2. The third-order valence-corrected chi connectivity index (χ3v) is 3.28. The van der Waals surface area contributed by atoms with Crippen LogP contribution in [0, 0.1) is 18.6 Å². The van der Waals surface area contributed by atoms with Gasteiger partial charge in [-0.1, -0.05) is 0 Å². The Morgan fingerprint density at radius 2 is 1.96 bits per heavy atom. The summed E-state index contributed by atoms with van der Waals surface area (Å²) >= 11 is 0. The van der Waals surface area contributed by atoms with Gasteiger partial charge in [0.15, 0.2) is 6.79 Å². The van der Waals surface area contributed by atoms with E-state index in [1.807, 2.05) is 0 Å². The number of phenolic OH excluding ortho intramolecular Hbond substituents is 1. The predicted octanol–water partition coefficient (Wildman–Crippen LogP) is 3.33. The minimum atomic E-state index is -1.22. The van der Waals surface area contributed by atoms with Crippen LogP contribution in [-0.2, 0) is 4.74 Å². The van der Waals surface area contributed by atoms with Crippen molar-refractivity contribution < 1.29 is 33.3 Å². The van der Waals surface area contributed by atoms with E-state index in [-0.39, 0.29) is 34.8 Å². The second kappa shape index (κ2) is 6.62. The number of carboxylic acid groups (broad SMARTS) is 1. The molecule has 0 unspecified atom stereocenters. The summed E-state index contributed by atoms with van der Waals surface area (Å²) in [6.45, 7) is 1.14. The van der Waals surface area contributed by atoms with E-state index in [0.717, 1.165) is 6.07 Å². The summed E-state index contributed by atoms with van der Waals surface area (Å²) in [7, 11) is 1.35. The lowest BCUT2D eigenvalue weighted by atomic mass is 9.97. The molecule has 0 amide bonds. The average Bonchev–Trinajstić information content (AvgIpc) is 2.48. The fourth-order valence-corrected chi connectivity index (χ4v) is 2.18. The maximum atomic E-state index is 14.2. The summed E-state index contributed by atoms with van der Waals surface area (Å²) in [4.78, 5) is 11.1. The minimum absolute atomic E-state index is 0.00361. The van der Waals surface area contributed by atoms with E-state index in [1.165, 1.54) is 26.2 Å². The fourth-order valence-electron chi connectivity index (χ4n) is 2.18. The van der Waals surface area contributed by atoms with Gasteiger partial charge in [-0.05, 0) is 19.1 Å². The Kier molecular flexibility index (Phi) is 4.80. The van der Waals surface area contributed by atoms with Crippen molar-refractivity contribution in [3.05, 3.63) is 47.0 Å². The number of benzene rings is 2. The molecule has 2 aromatic carbocycles. The zero-order valence-electron chi connectivity index (χ0n) is 12.4. The Bertz CT molecular complexity index is 759. The highest BCUT2D eigenvalue weighted by atomic mass is 19.1. The van der Waals surface area contributed by atoms with Crippen molar-refractivity contribution in [2.75, 3.05) is 13.9 Å². The molecule has 0 saturated carbocycles. The quantitative estimate of drug-likeness (QED) is 0.825. The molecule has 0 spiro atoms. The van der Waals surface area contributed by atoms with Gasteiger partial charge in [-0.2, -0.15) is 0 Å². The Morgan fingerprint density at radius 1 is 1.26 bits per heavy atom. The van der Waals surface area contributed by atoms with Crippen LogP contribution in [0.3, 0.4) is 0 Å². The second-order valence-corrected chi connectivity index (χ2v) is 4.75. The monoisotopic (exact) mass is 324 g/mol. The Morgan fingerprint density at radius 3 is 2.57 bits per heavy atom. The van der Waals surface area contributed by atoms with Gasteiger partial charge >= 0.3 is 5.97 Å². The number of hydrogen-bond donors (Lipinski definition) is 2. The maximum absolute atomic E-state index is 14.2. The summed E-state index contributed by atoms with van der Waals surface area (Å²) in [5.74, 6) is -3.61. The van der Waals surface area contributed by atoms with E-state index in [1.54, 1.807) is 0 Å². The molecule has 2 N–H and O–H groups in total. The van der Waals surface area contributed by atoms with Crippen molar-refractivity contribution in [2.24, 2.45) is 0 Å². The zero-order valence-corrected chi connectivity index (χ0v) is 12.4. The van der Waals surface area contributed by atoms with Crippen molar-refractivity contribution in [1.82, 2.24) is 0 Å². The molecular weight excluding hydrogens is 310 g/mol. The first-order chi connectivity index (χ1) is 10.9. The number of aromatic carboxylic acids is 1. The number of carbonyl (C=O) groups is 1. The molecule has 0 saturated heterocycles. The van der Waals surface area contributed by atoms with Gasteiger partial charge in [0.05, 0.1) is 11.1 Å². The van der Waals surface area contributed by atoms with Crippen LogP contribution in [-0.4, -0.2) is 30.1 Å². The molecule has 23 heavy (non-hydrogen) atoms. The summed E-state index contributed by atoms with van der Waals surface area (Å²) < 4.78 is 37.5. The third kappa shape index (κ3) is 3.24. The molecule has 0 atom stereocenters. The standard InChI is InChI=1S/C16H14F2O5/c1-8-10(16(20)21)3-4-11(15(8)19)14-12(18)5-9(17)6-13(14)23-7-22-2/h3-6,19H,7H2,1-2H3,(H,20,21). The van der Waals surface area contributed by atoms with E-state index in [4.69, 9.17) is 14.6 Å². The molecule has 0 aliphatic heterocycles. The van der Waals surface area contributed by atoms with Gasteiger partial charge in [0, 0.05) is 30.4 Å². The largest absolute Gasteiger partial charge is 0.507 e. The lowest BCUT2D eigenvalue weighted by Crippen LogP contribution is -2.04. The van der Waals surface area contributed by atoms with Crippen molar-refractivity contribution in [1.29, 1.82) is 0 Å². The first-order valence-corrected chi connectivity index (χ1v) is 6.53. The molecule has 0 heterocycles. The number of methoxy groups -OCH3 is 1. The van der Waals surface area contributed by atoms with Crippen LogP contribution in [0.5, 0.6) is 11.5 Å². The lowest BCUT2D eigenvalue weighted by Gasteiger charge is -2.15. The van der Waals surface area contributed by atoms with Gasteiger partial charge in [-0.3, -0.25) is 0 Å². The van der Waals surface area contributed by atoms with Crippen LogP contribution >= 0.6 is 0 Å². The fraction of sp³-hybridized carbons (Fsp3) is 0.188. The molecular formula is C16H14F2O5. The van der Waals surface area contributed by atoms with Gasteiger partial charge in [0.25, 0.3) is 0 Å². The Hall–Kier alpha value is -2.67. The van der Waals surface area contributed by atoms with E-state index in [0.29, 0.717) is 6.07 Å². The molecule has 2 rings (SSSR count). The molecule has 0 aliphatic carbocycles. The Labute approximate surface area is 130 Å². The summed E-state index contributed by atoms with van der Waals surface area (Å²) in [5, 5.41) is 19.3. The van der Waals surface area contributed by atoms with Gasteiger partial charge in [0.1, 0.15) is 23.1 Å². The highest BCUT2D eigenvalue weighted by Gasteiger charge is 2.21. The summed E-state index contributed by atoms with van der Waals surface area (Å²) in [6.07, 6.45) is 0. The van der Waals surface area contributed by atoms with E-state index >= 15 is 0 Å². The minimum Gasteiger partial charge on any atom is -0.507 e. The first kappa shape index (κ1) is 16.7. The zero-order chi connectivity index (χ0) is 17.1. The lowest BCUT2D eigenvalue weighted by molar-refractivity contribution is 0.0511. The van der Waals surface area contributed by atoms with Gasteiger partial charge < -0.3 is 19.7 Å². The van der Waals surface area contributed by atoms with Crippen molar-refractivity contribution in [3.8, 4) is 22.6 Å². The van der Waals surface area contributed by atoms with E-state index in [2.05, 4.69) is 0 Å². The van der Waals surface area contributed by atoms with Gasteiger partial charge in [-0.15, -0.1) is 0 Å². The molecule has 0 fully saturated rings. The Balaban J connectivity index is 2.66. The normalized spacial score (nSPS) is 10.6. The molecule has 122 valence electrons. The molecule has 2 aromatic rings. The number of rotatable bonds is 5. The summed E-state index contributed by atoms with van der Waals surface area (Å²) in [5.41, 5.74) is -0.235. The number of phenols is 1. The van der Waals surface area contributed by atoms with E-state index < -0.39 is 23.4 Å². The SMILES string of the molecule is COCOc1cc(F)cc(F)c1-c1ccc(C(=O)O)c(C)c1O. The average molecular weight is 324 g/mol. The van der Waals surface area contributed by atoms with Crippen molar-refractivity contribution in [2.45, 2.75) is 6.92 Å². The predicted molar refractivity (Wildman–Crippen MR) is 77.7 cm³/mol. The number of hydrogen-bond acceptors (Lipinski definition) is 4. The van der Waals surface area contributed by atoms with Gasteiger partial charge in [0.2, 0.25) is 0 Å². The summed E-state index contributed by atoms with van der Waals surface area (Å²) in [6, 6.07) is 4.07. The first-order valence-electron chi connectivity index (χ1n) is 6.53. The van der Waals surface area contributed by atoms with Crippen LogP contribution in [0.4, 0.5) is 8.78 Å². The van der Waals surface area contributed by atoms with Crippen LogP contribution in [0.1, 0.15) is 15.9 Å². The molecule has 0 aliphatic rings. The van der Waals surface area contributed by atoms with Crippen LogP contribution in [0.25, 0.3) is 11.1 Å². The topological polar surface area (TPSA) is 76.0 Å². The molecule has 0 radical (unpaired) electrons. The molecule has 0 bridgehead atoms. The van der Waals surface area contributed by atoms with Crippen LogP contribution in [0.2, 0.25) is 0 Å². The molecule has 5 nitrogen and oxygen atoms in total. The maximum Gasteiger partial charge on any atom is 0.336 e. The highest BCUT2D eigenvalue weighted by Crippen LogP contribution is 2.40. The van der Waals surface area contributed by atoms with Crippen LogP contribution < -0.4 is 4.74 Å². The molecule has 7 heteroatoms. The van der Waals surface area contributed by atoms with Gasteiger partial charge in [-0.25, -0.2) is 13.6 Å². The van der Waals surface area contributed by atoms with E-state index in [9.17, 15) is 18.7 Å².